The molecule has 0 atom stereocenters. The Morgan fingerprint density at radius 3 is 2.53 bits per heavy atom. The molecule has 154 valence electrons. The molecule has 4 aromatic carbocycles. The van der Waals surface area contributed by atoms with E-state index in [1.807, 2.05) is 6.07 Å². The number of benzene rings is 4. The summed E-state index contributed by atoms with van der Waals surface area (Å²) in [4.78, 5) is 5.05. The highest BCUT2D eigenvalue weighted by Crippen LogP contribution is 2.36. The summed E-state index contributed by atoms with van der Waals surface area (Å²) in [5.74, 6) is 0. The number of nitrogens with zero attached hydrogens (tertiary/aromatic N) is 2. The van der Waals surface area contributed by atoms with Gasteiger partial charge in [-0.1, -0.05) is 54.6 Å². The van der Waals surface area contributed by atoms with Gasteiger partial charge in [-0.05, 0) is 54.3 Å². The van der Waals surface area contributed by atoms with Crippen molar-refractivity contribution in [3.05, 3.63) is 78.9 Å². The number of rotatable bonds is 1. The molecule has 6 aromatic rings. The molecule has 3 heterocycles. The quantitative estimate of drug-likeness (QED) is 0.264. The summed E-state index contributed by atoms with van der Waals surface area (Å²) in [5.41, 5.74) is 4.94. The van der Waals surface area contributed by atoms with E-state index in [4.69, 9.17) is 14.3 Å². The minimum atomic E-state index is -0.359. The predicted molar refractivity (Wildman–Crippen MR) is 132 cm³/mol. The SMILES string of the molecule is CC1(C)COB(c2ccc3c4c5ccccc5ccc4c4nc5ccccc5n4c3c2)O1. The molecule has 0 aliphatic carbocycles. The number of fused-ring (bicyclic) bond motifs is 10. The minimum Gasteiger partial charge on any atom is -0.404 e. The van der Waals surface area contributed by atoms with Crippen LogP contribution in [0.25, 0.3) is 49.1 Å². The van der Waals surface area contributed by atoms with Crippen LogP contribution in [0.3, 0.4) is 0 Å². The molecule has 1 fully saturated rings. The molecule has 0 N–H and O–H groups in total. The molecule has 0 spiro atoms. The van der Waals surface area contributed by atoms with Crippen molar-refractivity contribution in [2.45, 2.75) is 19.4 Å². The van der Waals surface area contributed by atoms with Crippen molar-refractivity contribution in [1.29, 1.82) is 0 Å². The summed E-state index contributed by atoms with van der Waals surface area (Å²) in [5, 5.41) is 6.08. The Hall–Kier alpha value is -3.41. The van der Waals surface area contributed by atoms with Crippen LogP contribution in [-0.4, -0.2) is 28.7 Å². The van der Waals surface area contributed by atoms with Crippen LogP contribution < -0.4 is 5.46 Å². The first-order chi connectivity index (χ1) is 15.6. The van der Waals surface area contributed by atoms with Crippen LogP contribution in [0.4, 0.5) is 0 Å². The fourth-order valence-corrected chi connectivity index (χ4v) is 5.09. The van der Waals surface area contributed by atoms with Crippen LogP contribution in [0.5, 0.6) is 0 Å². The van der Waals surface area contributed by atoms with Gasteiger partial charge in [0.05, 0.1) is 28.8 Å². The number of imidazole rings is 1. The lowest BCUT2D eigenvalue weighted by Gasteiger charge is -2.16. The lowest BCUT2D eigenvalue weighted by Crippen LogP contribution is -2.34. The van der Waals surface area contributed by atoms with E-state index in [-0.39, 0.29) is 12.7 Å². The third kappa shape index (κ3) is 2.49. The number of para-hydroxylation sites is 2. The van der Waals surface area contributed by atoms with Crippen molar-refractivity contribution >= 4 is 61.7 Å². The van der Waals surface area contributed by atoms with Gasteiger partial charge >= 0.3 is 7.12 Å². The Kier molecular flexibility index (Phi) is 3.59. The van der Waals surface area contributed by atoms with Crippen molar-refractivity contribution in [2.75, 3.05) is 6.61 Å². The molecule has 0 radical (unpaired) electrons. The molecule has 0 unspecified atom stereocenters. The largest absolute Gasteiger partial charge is 0.494 e. The topological polar surface area (TPSA) is 35.8 Å². The van der Waals surface area contributed by atoms with Crippen LogP contribution >= 0.6 is 0 Å². The monoisotopic (exact) mass is 416 g/mol. The van der Waals surface area contributed by atoms with Gasteiger partial charge in [0.2, 0.25) is 0 Å². The second kappa shape index (κ2) is 6.31. The van der Waals surface area contributed by atoms with E-state index in [0.717, 1.165) is 33.0 Å². The van der Waals surface area contributed by atoms with Crippen LogP contribution in [0.15, 0.2) is 78.9 Å². The molecular formula is C27H21BN2O2. The van der Waals surface area contributed by atoms with Gasteiger partial charge in [0.1, 0.15) is 5.65 Å². The van der Waals surface area contributed by atoms with Crippen LogP contribution in [0, 0.1) is 0 Å². The van der Waals surface area contributed by atoms with Crippen molar-refractivity contribution in [2.24, 2.45) is 0 Å². The highest BCUT2D eigenvalue weighted by atomic mass is 16.7. The van der Waals surface area contributed by atoms with Crippen LogP contribution in [-0.2, 0) is 9.31 Å². The van der Waals surface area contributed by atoms with E-state index >= 15 is 0 Å². The standard InChI is InChI=1S/C27H21BN2O2/c1-27(2)16-31-28(32-27)18-12-14-20-24(15-18)30-23-10-6-5-9-22(23)29-26(30)21-13-11-17-7-3-4-8-19(17)25(20)21/h3-15H,16H2,1-2H3. The summed E-state index contributed by atoms with van der Waals surface area (Å²) < 4.78 is 14.5. The second-order valence-electron chi connectivity index (χ2n) is 9.27. The minimum absolute atomic E-state index is 0.282. The molecule has 0 saturated carbocycles. The van der Waals surface area contributed by atoms with Gasteiger partial charge in [0.15, 0.2) is 0 Å². The summed E-state index contributed by atoms with van der Waals surface area (Å²) in [6, 6.07) is 27.9. The highest BCUT2D eigenvalue weighted by molar-refractivity contribution is 6.62. The molecule has 0 amide bonds. The van der Waals surface area contributed by atoms with Crippen molar-refractivity contribution in [3.8, 4) is 0 Å². The molecule has 1 aliphatic rings. The van der Waals surface area contributed by atoms with Gasteiger partial charge in [-0.25, -0.2) is 4.98 Å². The van der Waals surface area contributed by atoms with E-state index in [9.17, 15) is 0 Å². The number of hydrogen-bond acceptors (Lipinski definition) is 3. The highest BCUT2D eigenvalue weighted by Gasteiger charge is 2.38. The lowest BCUT2D eigenvalue weighted by atomic mass is 9.78. The lowest BCUT2D eigenvalue weighted by molar-refractivity contribution is 0.137. The Balaban J connectivity index is 1.67. The molecular weight excluding hydrogens is 395 g/mol. The first-order valence-electron chi connectivity index (χ1n) is 11.0. The number of pyridine rings is 1. The average Bonchev–Trinajstić information content (AvgIpc) is 3.38. The van der Waals surface area contributed by atoms with Crippen molar-refractivity contribution in [1.82, 2.24) is 9.38 Å². The Morgan fingerprint density at radius 2 is 1.66 bits per heavy atom. The first kappa shape index (κ1) is 18.2. The summed E-state index contributed by atoms with van der Waals surface area (Å²) in [6.07, 6.45) is 0. The van der Waals surface area contributed by atoms with Gasteiger partial charge < -0.3 is 9.31 Å². The zero-order valence-electron chi connectivity index (χ0n) is 18.0. The van der Waals surface area contributed by atoms with Crippen LogP contribution in [0.2, 0.25) is 0 Å². The normalized spacial score (nSPS) is 16.2. The summed E-state index contributed by atoms with van der Waals surface area (Å²) in [6.45, 7) is 4.71. The smallest absolute Gasteiger partial charge is 0.404 e. The predicted octanol–water partition coefficient (Wildman–Crippen LogP) is 5.47. The van der Waals surface area contributed by atoms with E-state index in [1.165, 1.54) is 21.5 Å². The first-order valence-corrected chi connectivity index (χ1v) is 11.0. The van der Waals surface area contributed by atoms with Gasteiger partial charge in [0.25, 0.3) is 0 Å². The maximum absolute atomic E-state index is 6.18. The molecule has 4 nitrogen and oxygen atoms in total. The fraction of sp³-hybridized carbons (Fsp3) is 0.148. The summed E-state index contributed by atoms with van der Waals surface area (Å²) >= 11 is 0. The second-order valence-corrected chi connectivity index (χ2v) is 9.27. The average molecular weight is 416 g/mol. The van der Waals surface area contributed by atoms with Gasteiger partial charge in [-0.15, -0.1) is 0 Å². The molecule has 7 rings (SSSR count). The number of hydrogen-bond donors (Lipinski definition) is 0. The Labute approximate surface area is 185 Å². The summed E-state index contributed by atoms with van der Waals surface area (Å²) in [7, 11) is -0.359. The maximum atomic E-state index is 6.18. The van der Waals surface area contributed by atoms with E-state index < -0.39 is 0 Å². The zero-order valence-corrected chi connectivity index (χ0v) is 18.0. The Morgan fingerprint density at radius 1 is 0.844 bits per heavy atom. The van der Waals surface area contributed by atoms with E-state index in [2.05, 4.69) is 91.0 Å². The maximum Gasteiger partial charge on any atom is 0.494 e. The Bertz CT molecular complexity index is 1700. The van der Waals surface area contributed by atoms with Gasteiger partial charge in [-0.3, -0.25) is 4.40 Å². The molecule has 32 heavy (non-hydrogen) atoms. The third-order valence-electron chi connectivity index (χ3n) is 6.54. The molecule has 1 aliphatic heterocycles. The van der Waals surface area contributed by atoms with Gasteiger partial charge in [0, 0.05) is 16.2 Å². The molecule has 1 saturated heterocycles. The van der Waals surface area contributed by atoms with Crippen molar-refractivity contribution < 1.29 is 9.31 Å². The van der Waals surface area contributed by atoms with Crippen LogP contribution in [0.1, 0.15) is 13.8 Å². The fourth-order valence-electron chi connectivity index (χ4n) is 5.09. The van der Waals surface area contributed by atoms with E-state index in [1.54, 1.807) is 0 Å². The molecule has 5 heteroatoms. The molecule has 2 aromatic heterocycles. The molecule has 0 bridgehead atoms. The van der Waals surface area contributed by atoms with Crippen molar-refractivity contribution in [3.63, 3.8) is 0 Å². The third-order valence-corrected chi connectivity index (χ3v) is 6.54. The van der Waals surface area contributed by atoms with Gasteiger partial charge in [-0.2, -0.15) is 0 Å². The zero-order chi connectivity index (χ0) is 21.4. The number of aromatic nitrogens is 2. The van der Waals surface area contributed by atoms with E-state index in [0.29, 0.717) is 6.61 Å².